The number of allylic oxidation sites excluding steroid dienone is 8. The molecule has 0 radical (unpaired) electrons. The van der Waals surface area contributed by atoms with Crippen molar-refractivity contribution in [3.05, 3.63) is 48.6 Å². The van der Waals surface area contributed by atoms with Crippen molar-refractivity contribution in [2.75, 3.05) is 6.61 Å². The summed E-state index contributed by atoms with van der Waals surface area (Å²) in [5.74, 6) is -0.522. The van der Waals surface area contributed by atoms with E-state index in [4.69, 9.17) is 4.74 Å². The van der Waals surface area contributed by atoms with Crippen molar-refractivity contribution in [1.82, 2.24) is 5.32 Å². The summed E-state index contributed by atoms with van der Waals surface area (Å²) in [5, 5.41) is 23.8. The number of aliphatic hydroxyl groups is 2. The Bertz CT molecular complexity index is 1070. The lowest BCUT2D eigenvalue weighted by molar-refractivity contribution is -0.151. The van der Waals surface area contributed by atoms with E-state index in [0.717, 1.165) is 83.5 Å². The van der Waals surface area contributed by atoms with E-state index in [1.54, 1.807) is 0 Å². The van der Waals surface area contributed by atoms with Crippen LogP contribution in [0.25, 0.3) is 0 Å². The van der Waals surface area contributed by atoms with Crippen LogP contribution in [0.15, 0.2) is 48.6 Å². The molecular weight excluding hydrogens is 767 g/mol. The summed E-state index contributed by atoms with van der Waals surface area (Å²) in [6, 6.07) is -0.714. The van der Waals surface area contributed by atoms with Crippen molar-refractivity contribution in [1.29, 1.82) is 0 Å². The molecule has 6 nitrogen and oxygen atoms in total. The van der Waals surface area contributed by atoms with Gasteiger partial charge in [-0.2, -0.15) is 0 Å². The average Bonchev–Trinajstić information content (AvgIpc) is 3.26. The molecule has 0 aliphatic carbocycles. The van der Waals surface area contributed by atoms with Gasteiger partial charge in [-0.3, -0.25) is 9.59 Å². The van der Waals surface area contributed by atoms with E-state index in [2.05, 4.69) is 74.7 Å². The van der Waals surface area contributed by atoms with Crippen molar-refractivity contribution in [3.8, 4) is 0 Å². The zero-order chi connectivity index (χ0) is 45.2. The van der Waals surface area contributed by atoms with Crippen molar-refractivity contribution in [2.24, 2.45) is 0 Å². The second-order valence-electron chi connectivity index (χ2n) is 18.3. The molecule has 0 aromatic heterocycles. The number of hydrogen-bond donors (Lipinski definition) is 3. The summed E-state index contributed by atoms with van der Waals surface area (Å²) in [7, 11) is 0. The van der Waals surface area contributed by atoms with E-state index in [9.17, 15) is 19.8 Å². The first-order valence-corrected chi connectivity index (χ1v) is 26.9. The number of carbonyl (C=O) groups excluding carboxylic acids is 2. The van der Waals surface area contributed by atoms with Gasteiger partial charge in [-0.1, -0.05) is 223 Å². The zero-order valence-electron chi connectivity index (χ0n) is 41.3. The fourth-order valence-corrected chi connectivity index (χ4v) is 8.03. The SMILES string of the molecule is CCCCC/C=C\C/C=C\C/C=C\CCCCCCC(=O)OC(CCC/C=C\CCCCCCCCC)CC(=O)NC(CO)C(O)CCCCCCCCCCCCCCCC. The quantitative estimate of drug-likeness (QED) is 0.0322. The van der Waals surface area contributed by atoms with Crippen LogP contribution in [0.4, 0.5) is 0 Å². The predicted octanol–water partition coefficient (Wildman–Crippen LogP) is 16.2. The van der Waals surface area contributed by atoms with Crippen LogP contribution in [0.2, 0.25) is 0 Å². The molecule has 0 saturated heterocycles. The number of ether oxygens (including phenoxy) is 1. The number of carbonyl (C=O) groups is 2. The van der Waals surface area contributed by atoms with E-state index in [0.29, 0.717) is 19.3 Å². The molecule has 3 unspecified atom stereocenters. The molecule has 3 N–H and O–H groups in total. The molecule has 362 valence electrons. The number of amides is 1. The average molecular weight is 870 g/mol. The van der Waals surface area contributed by atoms with Crippen LogP contribution in [0.5, 0.6) is 0 Å². The van der Waals surface area contributed by atoms with Crippen LogP contribution >= 0.6 is 0 Å². The van der Waals surface area contributed by atoms with Gasteiger partial charge in [-0.15, -0.1) is 0 Å². The highest BCUT2D eigenvalue weighted by Crippen LogP contribution is 2.17. The minimum absolute atomic E-state index is 0.0484. The van der Waals surface area contributed by atoms with Crippen LogP contribution in [0.3, 0.4) is 0 Å². The lowest BCUT2D eigenvalue weighted by atomic mass is 10.0. The minimum atomic E-state index is -0.798. The number of esters is 1. The van der Waals surface area contributed by atoms with Gasteiger partial charge in [0.2, 0.25) is 5.91 Å². The van der Waals surface area contributed by atoms with Gasteiger partial charge in [0.25, 0.3) is 0 Å². The molecule has 0 aromatic carbocycles. The third kappa shape index (κ3) is 44.4. The largest absolute Gasteiger partial charge is 0.462 e. The molecule has 62 heavy (non-hydrogen) atoms. The number of unbranched alkanes of at least 4 members (excludes halogenated alkanes) is 28. The first-order chi connectivity index (χ1) is 30.5. The second-order valence-corrected chi connectivity index (χ2v) is 18.3. The molecular formula is C56H103NO5. The zero-order valence-corrected chi connectivity index (χ0v) is 41.3. The molecule has 0 saturated carbocycles. The van der Waals surface area contributed by atoms with Crippen molar-refractivity contribution in [3.63, 3.8) is 0 Å². The van der Waals surface area contributed by atoms with Crippen LogP contribution < -0.4 is 5.32 Å². The lowest BCUT2D eigenvalue weighted by Crippen LogP contribution is -2.46. The molecule has 0 aliphatic heterocycles. The summed E-state index contributed by atoms with van der Waals surface area (Å²) >= 11 is 0. The van der Waals surface area contributed by atoms with E-state index < -0.39 is 18.2 Å². The Kier molecular flexibility index (Phi) is 48.1. The maximum absolute atomic E-state index is 13.2. The van der Waals surface area contributed by atoms with Crippen LogP contribution in [0.1, 0.15) is 271 Å². The third-order valence-electron chi connectivity index (χ3n) is 12.1. The highest BCUT2D eigenvalue weighted by atomic mass is 16.5. The van der Waals surface area contributed by atoms with Crippen LogP contribution in [0, 0.1) is 0 Å². The van der Waals surface area contributed by atoms with E-state index in [1.807, 2.05) is 0 Å². The van der Waals surface area contributed by atoms with Gasteiger partial charge >= 0.3 is 5.97 Å². The summed E-state index contributed by atoms with van der Waals surface area (Å²) in [6.07, 6.45) is 60.3. The third-order valence-corrected chi connectivity index (χ3v) is 12.1. The summed E-state index contributed by atoms with van der Waals surface area (Å²) in [5.41, 5.74) is 0. The first kappa shape index (κ1) is 59.8. The van der Waals surface area contributed by atoms with Crippen molar-refractivity contribution in [2.45, 2.75) is 289 Å². The molecule has 0 fully saturated rings. The molecule has 6 heteroatoms. The number of rotatable bonds is 48. The van der Waals surface area contributed by atoms with Gasteiger partial charge < -0.3 is 20.3 Å². The molecule has 1 amide bonds. The molecule has 0 spiro atoms. The Labute approximate surface area is 385 Å². The summed E-state index contributed by atoms with van der Waals surface area (Å²) < 4.78 is 5.91. The standard InChI is InChI=1S/C56H103NO5/c1-4-7-10-13-16-19-22-25-27-28-29-31-34-37-40-43-46-49-56(61)62-52(47-44-41-38-35-32-24-21-18-15-12-9-6-3)50-55(60)57-53(51-58)54(59)48-45-42-39-36-33-30-26-23-20-17-14-11-8-5-2/h16,19,25,27,29,31,35,38,52-54,58-59H,4-15,17-18,20-24,26,28,30,32-34,36-37,39-51H2,1-3H3,(H,57,60)/b19-16-,27-25-,31-29-,38-35-. The van der Waals surface area contributed by atoms with E-state index in [-0.39, 0.29) is 24.9 Å². The fourth-order valence-electron chi connectivity index (χ4n) is 8.03. The summed E-state index contributed by atoms with van der Waals surface area (Å²) in [6.45, 7) is 6.45. The van der Waals surface area contributed by atoms with Crippen molar-refractivity contribution >= 4 is 11.9 Å². The maximum atomic E-state index is 13.2. The Morgan fingerprint density at radius 1 is 0.468 bits per heavy atom. The van der Waals surface area contributed by atoms with E-state index >= 15 is 0 Å². The smallest absolute Gasteiger partial charge is 0.306 e. The molecule has 0 aromatic rings. The number of aliphatic hydroxyl groups excluding tert-OH is 2. The van der Waals surface area contributed by atoms with Gasteiger partial charge in [-0.25, -0.2) is 0 Å². The van der Waals surface area contributed by atoms with Crippen LogP contribution in [-0.2, 0) is 14.3 Å². The highest BCUT2D eigenvalue weighted by Gasteiger charge is 2.24. The van der Waals surface area contributed by atoms with Crippen molar-refractivity contribution < 1.29 is 24.5 Å². The molecule has 0 bridgehead atoms. The molecule has 0 rings (SSSR count). The predicted molar refractivity (Wildman–Crippen MR) is 269 cm³/mol. The van der Waals surface area contributed by atoms with E-state index in [1.165, 1.54) is 141 Å². The fraction of sp³-hybridized carbons (Fsp3) is 0.821. The van der Waals surface area contributed by atoms with Gasteiger partial charge in [0, 0.05) is 6.42 Å². The Morgan fingerprint density at radius 3 is 1.32 bits per heavy atom. The second kappa shape index (κ2) is 49.8. The lowest BCUT2D eigenvalue weighted by Gasteiger charge is -2.24. The molecule has 0 heterocycles. The molecule has 0 aliphatic rings. The normalized spacial score (nSPS) is 13.6. The molecule has 3 atom stereocenters. The van der Waals surface area contributed by atoms with Crippen LogP contribution in [-0.4, -0.2) is 46.9 Å². The van der Waals surface area contributed by atoms with Gasteiger partial charge in [0.1, 0.15) is 6.10 Å². The first-order valence-electron chi connectivity index (χ1n) is 26.9. The Hall–Kier alpha value is -2.18. The Balaban J connectivity index is 4.59. The monoisotopic (exact) mass is 870 g/mol. The Morgan fingerprint density at radius 2 is 0.839 bits per heavy atom. The topological polar surface area (TPSA) is 95.9 Å². The van der Waals surface area contributed by atoms with Gasteiger partial charge in [-0.05, 0) is 83.5 Å². The minimum Gasteiger partial charge on any atom is -0.462 e. The highest BCUT2D eigenvalue weighted by molar-refractivity contribution is 5.77. The van der Waals surface area contributed by atoms with Gasteiger partial charge in [0.15, 0.2) is 0 Å². The number of nitrogens with one attached hydrogen (secondary N) is 1. The summed E-state index contributed by atoms with van der Waals surface area (Å²) in [4.78, 5) is 26.1. The maximum Gasteiger partial charge on any atom is 0.306 e. The number of hydrogen-bond acceptors (Lipinski definition) is 5. The van der Waals surface area contributed by atoms with Gasteiger partial charge in [0.05, 0.1) is 25.2 Å².